The van der Waals surface area contributed by atoms with Gasteiger partial charge in [0.1, 0.15) is 11.4 Å². The molecule has 0 saturated carbocycles. The number of anilines is 1. The topological polar surface area (TPSA) is 97.0 Å². The Bertz CT molecular complexity index is 1010. The summed E-state index contributed by atoms with van der Waals surface area (Å²) in [6.45, 7) is 4.18. The van der Waals surface area contributed by atoms with Crippen LogP contribution in [0.5, 0.6) is 5.88 Å². The van der Waals surface area contributed by atoms with E-state index in [-0.39, 0.29) is 17.3 Å². The Morgan fingerprint density at radius 1 is 1.19 bits per heavy atom. The van der Waals surface area contributed by atoms with Gasteiger partial charge >= 0.3 is 0 Å². The van der Waals surface area contributed by atoms with Gasteiger partial charge in [-0.05, 0) is 37.6 Å². The Morgan fingerprint density at radius 3 is 2.81 bits per heavy atom. The molecule has 0 aliphatic heterocycles. The van der Waals surface area contributed by atoms with Gasteiger partial charge < -0.3 is 15.0 Å². The van der Waals surface area contributed by atoms with Gasteiger partial charge in [-0.1, -0.05) is 19.1 Å². The molecule has 2 heterocycles. The van der Waals surface area contributed by atoms with E-state index in [4.69, 9.17) is 4.74 Å². The molecule has 138 valence electrons. The fraction of sp³-hybridized carbons (Fsp3) is 0.200. The lowest BCUT2D eigenvalue weighted by molar-refractivity contribution is 0.102. The van der Waals surface area contributed by atoms with Crippen molar-refractivity contribution in [2.45, 2.75) is 20.3 Å². The van der Waals surface area contributed by atoms with Crippen LogP contribution in [0.3, 0.4) is 0 Å². The van der Waals surface area contributed by atoms with Gasteiger partial charge in [0.15, 0.2) is 0 Å². The van der Waals surface area contributed by atoms with Gasteiger partial charge in [0, 0.05) is 29.2 Å². The molecule has 27 heavy (non-hydrogen) atoms. The van der Waals surface area contributed by atoms with E-state index in [0.717, 1.165) is 0 Å². The molecule has 0 unspecified atom stereocenters. The molecule has 0 radical (unpaired) electrons. The first-order chi connectivity index (χ1) is 13.1. The van der Waals surface area contributed by atoms with Crippen LogP contribution in [0.1, 0.15) is 29.9 Å². The Morgan fingerprint density at radius 2 is 2.04 bits per heavy atom. The average Bonchev–Trinajstić information content (AvgIpc) is 2.68. The molecule has 0 saturated heterocycles. The van der Waals surface area contributed by atoms with E-state index in [2.05, 4.69) is 20.3 Å². The first-order valence-electron chi connectivity index (χ1n) is 8.70. The van der Waals surface area contributed by atoms with Crippen LogP contribution in [0.2, 0.25) is 0 Å². The molecule has 0 bridgehead atoms. The number of aromatic nitrogens is 3. The lowest BCUT2D eigenvalue weighted by atomic mass is 10.1. The highest BCUT2D eigenvalue weighted by atomic mass is 16.5. The summed E-state index contributed by atoms with van der Waals surface area (Å²) in [5.74, 6) is 0.426. The summed E-state index contributed by atoms with van der Waals surface area (Å²) in [6, 6.07) is 11.9. The molecule has 2 N–H and O–H groups in total. The second-order valence-electron chi connectivity index (χ2n) is 5.76. The third kappa shape index (κ3) is 4.38. The van der Waals surface area contributed by atoms with Crippen LogP contribution in [0.4, 0.5) is 5.69 Å². The van der Waals surface area contributed by atoms with Crippen molar-refractivity contribution < 1.29 is 9.53 Å². The Kier molecular flexibility index (Phi) is 5.61. The predicted molar refractivity (Wildman–Crippen MR) is 103 cm³/mol. The molecule has 1 aromatic carbocycles. The summed E-state index contributed by atoms with van der Waals surface area (Å²) < 4.78 is 5.41. The third-order valence-corrected chi connectivity index (χ3v) is 3.85. The van der Waals surface area contributed by atoms with E-state index in [1.165, 1.54) is 6.07 Å². The summed E-state index contributed by atoms with van der Waals surface area (Å²) in [5.41, 5.74) is 2.14. The van der Waals surface area contributed by atoms with E-state index < -0.39 is 0 Å². The zero-order valence-corrected chi connectivity index (χ0v) is 15.2. The van der Waals surface area contributed by atoms with Crippen molar-refractivity contribution in [1.29, 1.82) is 0 Å². The summed E-state index contributed by atoms with van der Waals surface area (Å²) in [5, 5.41) is 2.83. The lowest BCUT2D eigenvalue weighted by Crippen LogP contribution is -2.14. The number of hydrogen-bond donors (Lipinski definition) is 2. The molecule has 2 aromatic heterocycles. The summed E-state index contributed by atoms with van der Waals surface area (Å²) in [4.78, 5) is 35.7. The minimum atomic E-state index is -0.326. The van der Waals surface area contributed by atoms with Gasteiger partial charge in [0.25, 0.3) is 11.5 Å². The molecule has 7 nitrogen and oxygen atoms in total. The van der Waals surface area contributed by atoms with E-state index >= 15 is 0 Å². The van der Waals surface area contributed by atoms with Crippen LogP contribution < -0.4 is 15.6 Å². The highest BCUT2D eigenvalue weighted by molar-refractivity contribution is 6.06. The van der Waals surface area contributed by atoms with E-state index in [1.807, 2.05) is 19.9 Å². The van der Waals surface area contributed by atoms with Crippen molar-refractivity contribution in [3.8, 4) is 17.3 Å². The number of nitrogens with zero attached hydrogens (tertiary/aromatic N) is 2. The average molecular weight is 364 g/mol. The molecular formula is C20H20N4O3. The van der Waals surface area contributed by atoms with Crippen LogP contribution in [0, 0.1) is 0 Å². The lowest BCUT2D eigenvalue weighted by Gasteiger charge is -2.10. The number of nitrogens with one attached hydrogen (secondary N) is 2. The van der Waals surface area contributed by atoms with Gasteiger partial charge in [-0.3, -0.25) is 9.59 Å². The predicted octanol–water partition coefficient (Wildman–Crippen LogP) is 3.05. The highest BCUT2D eigenvalue weighted by Gasteiger charge is 2.14. The molecule has 0 spiro atoms. The Balaban J connectivity index is 1.88. The number of aromatic amines is 1. The molecule has 0 atom stereocenters. The number of aryl methyl sites for hydroxylation is 1. The monoisotopic (exact) mass is 364 g/mol. The van der Waals surface area contributed by atoms with Gasteiger partial charge in [-0.15, -0.1) is 0 Å². The molecular weight excluding hydrogens is 344 g/mol. The number of pyridine rings is 1. The van der Waals surface area contributed by atoms with Crippen molar-refractivity contribution in [1.82, 2.24) is 15.0 Å². The van der Waals surface area contributed by atoms with Gasteiger partial charge in [0.2, 0.25) is 5.88 Å². The minimum Gasteiger partial charge on any atom is -0.477 e. The summed E-state index contributed by atoms with van der Waals surface area (Å²) in [7, 11) is 0. The fourth-order valence-corrected chi connectivity index (χ4v) is 2.58. The van der Waals surface area contributed by atoms with Crippen LogP contribution in [0.25, 0.3) is 11.4 Å². The maximum atomic E-state index is 12.6. The molecule has 0 fully saturated rings. The Labute approximate surface area is 156 Å². The first-order valence-corrected chi connectivity index (χ1v) is 8.70. The third-order valence-electron chi connectivity index (χ3n) is 3.85. The maximum absolute atomic E-state index is 12.6. The number of H-pyrrole nitrogens is 1. The summed E-state index contributed by atoms with van der Waals surface area (Å²) >= 11 is 0. The van der Waals surface area contributed by atoms with Gasteiger partial charge in [0.05, 0.1) is 6.61 Å². The number of carbonyl (C=O) groups is 1. The van der Waals surface area contributed by atoms with Gasteiger partial charge in [-0.2, -0.15) is 0 Å². The summed E-state index contributed by atoms with van der Waals surface area (Å²) in [6.07, 6.45) is 2.24. The number of benzene rings is 1. The second kappa shape index (κ2) is 8.27. The number of rotatable bonds is 6. The SMILES string of the molecule is CCOc1ncccc1C(=O)Nc1cccc(-c2nc(CC)cc(=O)[nH]2)c1. The Hall–Kier alpha value is -3.48. The number of amides is 1. The normalized spacial score (nSPS) is 10.4. The number of carbonyl (C=O) groups excluding carboxylic acids is 1. The van der Waals surface area contributed by atoms with Crippen LogP contribution in [0.15, 0.2) is 53.5 Å². The quantitative estimate of drug-likeness (QED) is 0.701. The van der Waals surface area contributed by atoms with E-state index in [0.29, 0.717) is 41.4 Å². The van der Waals surface area contributed by atoms with Gasteiger partial charge in [-0.25, -0.2) is 9.97 Å². The van der Waals surface area contributed by atoms with Crippen LogP contribution in [-0.2, 0) is 6.42 Å². The van der Waals surface area contributed by atoms with E-state index in [1.54, 1.807) is 36.5 Å². The zero-order valence-electron chi connectivity index (χ0n) is 15.2. The van der Waals surface area contributed by atoms with Crippen LogP contribution >= 0.6 is 0 Å². The molecule has 1 amide bonds. The fourth-order valence-electron chi connectivity index (χ4n) is 2.58. The number of ether oxygens (including phenoxy) is 1. The van der Waals surface area contributed by atoms with E-state index in [9.17, 15) is 9.59 Å². The van der Waals surface area contributed by atoms with Crippen molar-refractivity contribution in [3.05, 3.63) is 70.3 Å². The minimum absolute atomic E-state index is 0.206. The van der Waals surface area contributed by atoms with Crippen molar-refractivity contribution in [3.63, 3.8) is 0 Å². The van der Waals surface area contributed by atoms with Crippen molar-refractivity contribution in [2.75, 3.05) is 11.9 Å². The van der Waals surface area contributed by atoms with Crippen LogP contribution in [-0.4, -0.2) is 27.5 Å². The molecule has 0 aliphatic rings. The molecule has 0 aliphatic carbocycles. The highest BCUT2D eigenvalue weighted by Crippen LogP contribution is 2.21. The standard InChI is InChI=1S/C20H20N4O3/c1-3-14-12-17(25)24-18(22-14)13-7-5-8-15(11-13)23-19(26)16-9-6-10-21-20(16)27-4-2/h5-12H,3-4H2,1-2H3,(H,23,26)(H,22,24,25). The molecule has 7 heteroatoms. The maximum Gasteiger partial charge on any atom is 0.261 e. The number of hydrogen-bond acceptors (Lipinski definition) is 5. The molecule has 3 aromatic rings. The van der Waals surface area contributed by atoms with Crippen molar-refractivity contribution >= 4 is 11.6 Å². The smallest absolute Gasteiger partial charge is 0.261 e. The second-order valence-corrected chi connectivity index (χ2v) is 5.76. The zero-order chi connectivity index (χ0) is 19.2. The molecule has 3 rings (SSSR count). The largest absolute Gasteiger partial charge is 0.477 e. The first kappa shape index (κ1) is 18.3. The van der Waals surface area contributed by atoms with Crippen molar-refractivity contribution in [2.24, 2.45) is 0 Å².